The maximum absolute atomic E-state index is 12.6. The lowest BCUT2D eigenvalue weighted by atomic mass is 10.2. The van der Waals surface area contributed by atoms with Crippen LogP contribution in [0.3, 0.4) is 0 Å². The second kappa shape index (κ2) is 6.84. The minimum Gasteiger partial charge on any atom is -0.365 e. The van der Waals surface area contributed by atoms with E-state index in [4.69, 9.17) is 4.74 Å². The van der Waals surface area contributed by atoms with Crippen LogP contribution in [0, 0.1) is 6.92 Å². The highest BCUT2D eigenvalue weighted by molar-refractivity contribution is 7.15. The quantitative estimate of drug-likeness (QED) is 0.778. The fourth-order valence-corrected chi connectivity index (χ4v) is 3.71. The van der Waals surface area contributed by atoms with E-state index >= 15 is 0 Å². The molecule has 0 spiro atoms. The number of morpholine rings is 1. The van der Waals surface area contributed by atoms with Gasteiger partial charge in [-0.05, 0) is 6.92 Å². The Morgan fingerprint density at radius 1 is 1.22 bits per heavy atom. The molecular weight excluding hydrogens is 316 g/mol. The molecule has 2 aliphatic heterocycles. The molecule has 0 radical (unpaired) electrons. The van der Waals surface area contributed by atoms with Gasteiger partial charge in [0.25, 0.3) is 5.91 Å². The summed E-state index contributed by atoms with van der Waals surface area (Å²) in [5.41, 5.74) is 0. The largest absolute Gasteiger partial charge is 0.365 e. The van der Waals surface area contributed by atoms with Crippen molar-refractivity contribution >= 4 is 28.3 Å². The highest BCUT2D eigenvalue weighted by atomic mass is 32.1. The van der Waals surface area contributed by atoms with E-state index in [2.05, 4.69) is 9.88 Å². The molecule has 2 amide bonds. The molecule has 1 unspecified atom stereocenters. The predicted molar refractivity (Wildman–Crippen MR) is 87.6 cm³/mol. The van der Waals surface area contributed by atoms with Crippen molar-refractivity contribution in [3.05, 3.63) is 11.1 Å². The Morgan fingerprint density at radius 3 is 2.57 bits per heavy atom. The standard InChI is InChI=1S/C15H22N4O3S/c1-11-9-16-15(23-11)18-5-3-17(4-6-18)14(21)13-10-19(12(2)20)7-8-22-13/h9,13H,3-8,10H2,1-2H3. The molecule has 0 aliphatic carbocycles. The van der Waals surface area contributed by atoms with Crippen molar-refractivity contribution in [1.29, 1.82) is 0 Å². The molecule has 2 saturated heterocycles. The molecule has 0 bridgehead atoms. The van der Waals surface area contributed by atoms with Crippen LogP contribution in [0.5, 0.6) is 0 Å². The third-order valence-electron chi connectivity index (χ3n) is 4.26. The third kappa shape index (κ3) is 3.64. The number of anilines is 1. The maximum atomic E-state index is 12.6. The van der Waals surface area contributed by atoms with E-state index in [1.54, 1.807) is 16.2 Å². The Hall–Kier alpha value is -1.67. The van der Waals surface area contributed by atoms with Crippen molar-refractivity contribution in [3.63, 3.8) is 0 Å². The van der Waals surface area contributed by atoms with Gasteiger partial charge in [0.05, 0.1) is 13.2 Å². The molecule has 0 N–H and O–H groups in total. The molecule has 3 rings (SSSR count). The molecule has 1 aromatic rings. The fraction of sp³-hybridized carbons (Fsp3) is 0.667. The van der Waals surface area contributed by atoms with Crippen LogP contribution >= 0.6 is 11.3 Å². The number of rotatable bonds is 2. The van der Waals surface area contributed by atoms with Gasteiger partial charge in [-0.15, -0.1) is 11.3 Å². The first kappa shape index (κ1) is 16.2. The number of aryl methyl sites for hydroxylation is 1. The Balaban J connectivity index is 1.54. The van der Waals surface area contributed by atoms with Gasteiger partial charge in [0.1, 0.15) is 0 Å². The number of carbonyl (C=O) groups is 2. The van der Waals surface area contributed by atoms with Crippen molar-refractivity contribution in [3.8, 4) is 0 Å². The number of hydrogen-bond acceptors (Lipinski definition) is 6. The van der Waals surface area contributed by atoms with E-state index < -0.39 is 6.10 Å². The number of piperazine rings is 1. The smallest absolute Gasteiger partial charge is 0.253 e. The molecule has 2 aliphatic rings. The second-order valence-corrected chi connectivity index (χ2v) is 7.10. The summed E-state index contributed by atoms with van der Waals surface area (Å²) in [6.45, 7) is 7.81. The summed E-state index contributed by atoms with van der Waals surface area (Å²) in [5.74, 6) is -0.0130. The van der Waals surface area contributed by atoms with Crippen molar-refractivity contribution in [2.75, 3.05) is 50.8 Å². The average molecular weight is 338 g/mol. The number of aromatic nitrogens is 1. The fourth-order valence-electron chi connectivity index (χ4n) is 2.90. The van der Waals surface area contributed by atoms with Crippen LogP contribution in [0.4, 0.5) is 5.13 Å². The summed E-state index contributed by atoms with van der Waals surface area (Å²) >= 11 is 1.68. The van der Waals surface area contributed by atoms with Gasteiger partial charge in [-0.1, -0.05) is 0 Å². The lowest BCUT2D eigenvalue weighted by Crippen LogP contribution is -2.56. The van der Waals surface area contributed by atoms with Crippen LogP contribution in [-0.4, -0.2) is 78.6 Å². The first-order valence-corrected chi connectivity index (χ1v) is 8.69. The summed E-state index contributed by atoms with van der Waals surface area (Å²) in [5, 5.41) is 1.02. The maximum Gasteiger partial charge on any atom is 0.253 e. The van der Waals surface area contributed by atoms with Gasteiger partial charge in [-0.2, -0.15) is 0 Å². The van der Waals surface area contributed by atoms with Crippen LogP contribution in [0.1, 0.15) is 11.8 Å². The van der Waals surface area contributed by atoms with Crippen molar-refractivity contribution in [2.45, 2.75) is 20.0 Å². The van der Waals surface area contributed by atoms with Crippen LogP contribution in [0.15, 0.2) is 6.20 Å². The van der Waals surface area contributed by atoms with E-state index in [0.717, 1.165) is 18.2 Å². The van der Waals surface area contributed by atoms with E-state index in [1.165, 1.54) is 11.8 Å². The van der Waals surface area contributed by atoms with Crippen LogP contribution in [0.25, 0.3) is 0 Å². The average Bonchev–Trinajstić information content (AvgIpc) is 3.01. The summed E-state index contributed by atoms with van der Waals surface area (Å²) in [6, 6.07) is 0. The highest BCUT2D eigenvalue weighted by Crippen LogP contribution is 2.23. The summed E-state index contributed by atoms with van der Waals surface area (Å²) in [7, 11) is 0. The van der Waals surface area contributed by atoms with Crippen molar-refractivity contribution in [2.24, 2.45) is 0 Å². The number of hydrogen-bond donors (Lipinski definition) is 0. The van der Waals surface area contributed by atoms with E-state index in [0.29, 0.717) is 32.8 Å². The van der Waals surface area contributed by atoms with Gasteiger partial charge in [0.2, 0.25) is 5.91 Å². The van der Waals surface area contributed by atoms with Crippen molar-refractivity contribution in [1.82, 2.24) is 14.8 Å². The first-order chi connectivity index (χ1) is 11.0. The van der Waals surface area contributed by atoms with Gasteiger partial charge in [0.15, 0.2) is 11.2 Å². The highest BCUT2D eigenvalue weighted by Gasteiger charge is 2.32. The monoisotopic (exact) mass is 338 g/mol. The molecule has 1 atom stereocenters. The zero-order valence-corrected chi connectivity index (χ0v) is 14.3. The van der Waals surface area contributed by atoms with Crippen LogP contribution in [0.2, 0.25) is 0 Å². The molecule has 126 valence electrons. The van der Waals surface area contributed by atoms with Crippen molar-refractivity contribution < 1.29 is 14.3 Å². The SMILES string of the molecule is CC(=O)N1CCOC(C(=O)N2CCN(c3ncc(C)s3)CC2)C1. The lowest BCUT2D eigenvalue weighted by molar-refractivity contribution is -0.153. The summed E-state index contributed by atoms with van der Waals surface area (Å²) in [4.78, 5) is 35.4. The number of carbonyl (C=O) groups excluding carboxylic acids is 2. The molecule has 1 aromatic heterocycles. The lowest BCUT2D eigenvalue weighted by Gasteiger charge is -2.38. The third-order valence-corrected chi connectivity index (χ3v) is 5.23. The summed E-state index contributed by atoms with van der Waals surface area (Å²) < 4.78 is 5.58. The minimum atomic E-state index is -0.527. The predicted octanol–water partition coefficient (Wildman–Crippen LogP) is 0.347. The molecule has 7 nitrogen and oxygen atoms in total. The van der Waals surface area contributed by atoms with Gasteiger partial charge < -0.3 is 19.4 Å². The number of thiazole rings is 1. The van der Waals surface area contributed by atoms with Gasteiger partial charge >= 0.3 is 0 Å². The number of amides is 2. The Morgan fingerprint density at radius 2 is 1.96 bits per heavy atom. The van der Waals surface area contributed by atoms with Gasteiger partial charge in [0, 0.05) is 50.7 Å². The molecular formula is C15H22N4O3S. The molecule has 0 aromatic carbocycles. The number of ether oxygens (including phenoxy) is 1. The molecule has 0 saturated carbocycles. The second-order valence-electron chi connectivity index (χ2n) is 5.89. The minimum absolute atomic E-state index is 0.00458. The summed E-state index contributed by atoms with van der Waals surface area (Å²) in [6.07, 6.45) is 1.35. The topological polar surface area (TPSA) is 66.0 Å². The first-order valence-electron chi connectivity index (χ1n) is 7.88. The molecule has 3 heterocycles. The zero-order valence-electron chi connectivity index (χ0n) is 13.5. The Bertz CT molecular complexity index is 583. The van der Waals surface area contributed by atoms with E-state index in [9.17, 15) is 9.59 Å². The molecule has 8 heteroatoms. The zero-order chi connectivity index (χ0) is 16.4. The van der Waals surface area contributed by atoms with E-state index in [-0.39, 0.29) is 11.8 Å². The Kier molecular flexibility index (Phi) is 4.82. The molecule has 2 fully saturated rings. The van der Waals surface area contributed by atoms with E-state index in [1.807, 2.05) is 18.0 Å². The van der Waals surface area contributed by atoms with Crippen LogP contribution < -0.4 is 4.90 Å². The van der Waals surface area contributed by atoms with Gasteiger partial charge in [-0.3, -0.25) is 9.59 Å². The normalized spacial score (nSPS) is 22.3. The molecule has 23 heavy (non-hydrogen) atoms. The number of nitrogens with zero attached hydrogens (tertiary/aromatic N) is 4. The van der Waals surface area contributed by atoms with Crippen LogP contribution in [-0.2, 0) is 14.3 Å². The Labute approximate surface area is 139 Å². The van der Waals surface area contributed by atoms with Gasteiger partial charge in [-0.25, -0.2) is 4.98 Å².